The first-order valence-corrected chi connectivity index (χ1v) is 10.8. The third-order valence-corrected chi connectivity index (χ3v) is 6.67. The molecule has 1 saturated carbocycles. The molecule has 0 heterocycles. The number of carbonyl (C=O) groups excluding carboxylic acids is 1. The molecule has 0 aliphatic heterocycles. The fraction of sp³-hybridized carbons (Fsp3) is 0.632. The van der Waals surface area contributed by atoms with Gasteiger partial charge in [-0.15, -0.1) is 0 Å². The molecule has 1 aliphatic carbocycles. The fourth-order valence-electron chi connectivity index (χ4n) is 3.47. The van der Waals surface area contributed by atoms with Crippen molar-refractivity contribution in [2.75, 3.05) is 6.54 Å². The number of hydrogen-bond acceptors (Lipinski definition) is 3. The number of nitrogens with zero attached hydrogens (tertiary/aromatic N) is 1. The summed E-state index contributed by atoms with van der Waals surface area (Å²) in [6.45, 7) is 3.92. The molecular formula is C19H30N2O3S. The number of carbonyl (C=O) groups is 1. The number of rotatable bonds is 8. The lowest BCUT2D eigenvalue weighted by molar-refractivity contribution is -0.122. The van der Waals surface area contributed by atoms with Gasteiger partial charge in [-0.25, -0.2) is 8.42 Å². The average molecular weight is 367 g/mol. The van der Waals surface area contributed by atoms with Crippen LogP contribution >= 0.6 is 0 Å². The zero-order valence-corrected chi connectivity index (χ0v) is 16.1. The summed E-state index contributed by atoms with van der Waals surface area (Å²) in [7, 11) is -3.67. The Balaban J connectivity index is 2.20. The lowest BCUT2D eigenvalue weighted by Crippen LogP contribution is -2.48. The maximum Gasteiger partial charge on any atom is 0.243 e. The van der Waals surface area contributed by atoms with E-state index in [1.54, 1.807) is 30.3 Å². The molecule has 0 unspecified atom stereocenters. The Morgan fingerprint density at radius 2 is 1.84 bits per heavy atom. The SMILES string of the molecule is CCC[C@H](C)NC(=O)CN(C1CCCCC1)S(=O)(=O)c1ccccc1. The van der Waals surface area contributed by atoms with Crippen LogP contribution in [0.25, 0.3) is 0 Å². The van der Waals surface area contributed by atoms with Gasteiger partial charge in [0.2, 0.25) is 15.9 Å². The highest BCUT2D eigenvalue weighted by molar-refractivity contribution is 7.89. The molecule has 0 bridgehead atoms. The number of amides is 1. The number of benzene rings is 1. The Morgan fingerprint density at radius 3 is 2.44 bits per heavy atom. The summed E-state index contributed by atoms with van der Waals surface area (Å²) in [5.74, 6) is -0.217. The molecule has 25 heavy (non-hydrogen) atoms. The van der Waals surface area contributed by atoms with Crippen molar-refractivity contribution >= 4 is 15.9 Å². The minimum absolute atomic E-state index is 0.0603. The van der Waals surface area contributed by atoms with Gasteiger partial charge in [0.25, 0.3) is 0 Å². The van der Waals surface area contributed by atoms with Crippen molar-refractivity contribution in [2.45, 2.75) is 75.8 Å². The van der Waals surface area contributed by atoms with Gasteiger partial charge >= 0.3 is 0 Å². The molecule has 0 radical (unpaired) electrons. The van der Waals surface area contributed by atoms with Gasteiger partial charge in [-0.1, -0.05) is 50.8 Å². The lowest BCUT2D eigenvalue weighted by Gasteiger charge is -2.33. The van der Waals surface area contributed by atoms with Crippen LogP contribution in [0.15, 0.2) is 35.2 Å². The Kier molecular flexibility index (Phi) is 7.44. The minimum atomic E-state index is -3.67. The summed E-state index contributed by atoms with van der Waals surface area (Å²) in [6, 6.07) is 8.40. The van der Waals surface area contributed by atoms with Gasteiger partial charge < -0.3 is 5.32 Å². The van der Waals surface area contributed by atoms with E-state index in [4.69, 9.17) is 0 Å². The van der Waals surface area contributed by atoms with Gasteiger partial charge in [-0.2, -0.15) is 4.31 Å². The van der Waals surface area contributed by atoms with E-state index in [2.05, 4.69) is 12.2 Å². The van der Waals surface area contributed by atoms with Crippen LogP contribution in [0.4, 0.5) is 0 Å². The highest BCUT2D eigenvalue weighted by Gasteiger charge is 2.33. The van der Waals surface area contributed by atoms with Crippen molar-refractivity contribution in [1.29, 1.82) is 0 Å². The van der Waals surface area contributed by atoms with Crippen molar-refractivity contribution in [1.82, 2.24) is 9.62 Å². The topological polar surface area (TPSA) is 66.5 Å². The predicted molar refractivity (Wildman–Crippen MR) is 99.7 cm³/mol. The van der Waals surface area contributed by atoms with Gasteiger partial charge in [0, 0.05) is 12.1 Å². The third-order valence-electron chi connectivity index (χ3n) is 4.76. The molecule has 1 aromatic rings. The van der Waals surface area contributed by atoms with Crippen LogP contribution in [0.2, 0.25) is 0 Å². The molecule has 0 spiro atoms. The van der Waals surface area contributed by atoms with Crippen LogP contribution in [-0.2, 0) is 14.8 Å². The van der Waals surface area contributed by atoms with E-state index in [0.717, 1.165) is 44.9 Å². The first-order chi connectivity index (χ1) is 11.9. The summed E-state index contributed by atoms with van der Waals surface area (Å²) in [4.78, 5) is 12.7. The van der Waals surface area contributed by atoms with Gasteiger partial charge in [0.1, 0.15) is 0 Å². The van der Waals surface area contributed by atoms with Crippen molar-refractivity contribution in [3.05, 3.63) is 30.3 Å². The summed E-state index contributed by atoms with van der Waals surface area (Å²) in [5, 5.41) is 2.93. The van der Waals surface area contributed by atoms with E-state index in [1.165, 1.54) is 4.31 Å². The predicted octanol–water partition coefficient (Wildman–Crippen LogP) is 3.31. The van der Waals surface area contributed by atoms with E-state index < -0.39 is 10.0 Å². The van der Waals surface area contributed by atoms with E-state index in [0.29, 0.717) is 0 Å². The Morgan fingerprint density at radius 1 is 1.20 bits per heavy atom. The monoisotopic (exact) mass is 366 g/mol. The molecule has 6 heteroatoms. The minimum Gasteiger partial charge on any atom is -0.353 e. The van der Waals surface area contributed by atoms with E-state index in [9.17, 15) is 13.2 Å². The molecule has 2 rings (SSSR count). The van der Waals surface area contributed by atoms with Crippen LogP contribution in [-0.4, -0.2) is 37.3 Å². The van der Waals surface area contributed by atoms with Gasteiger partial charge in [0.05, 0.1) is 11.4 Å². The van der Waals surface area contributed by atoms with Crippen molar-refractivity contribution in [3.8, 4) is 0 Å². The second-order valence-corrected chi connectivity index (χ2v) is 8.80. The molecule has 140 valence electrons. The average Bonchev–Trinajstić information content (AvgIpc) is 2.61. The Bertz CT molecular complexity index is 640. The molecule has 1 aromatic carbocycles. The van der Waals surface area contributed by atoms with E-state index in [-0.39, 0.29) is 29.4 Å². The lowest BCUT2D eigenvalue weighted by atomic mass is 9.95. The Hall–Kier alpha value is -1.40. The summed E-state index contributed by atoms with van der Waals surface area (Å²) < 4.78 is 27.7. The molecule has 0 aromatic heterocycles. The van der Waals surface area contributed by atoms with Crippen LogP contribution in [0.3, 0.4) is 0 Å². The Labute approximate surface area is 151 Å². The number of hydrogen-bond donors (Lipinski definition) is 1. The number of sulfonamides is 1. The van der Waals surface area contributed by atoms with E-state index in [1.807, 2.05) is 6.92 Å². The standard InChI is InChI=1S/C19H30N2O3S/c1-3-10-16(2)20-19(22)15-21(17-11-6-4-7-12-17)25(23,24)18-13-8-5-9-14-18/h5,8-9,13-14,16-17H,3-4,6-7,10-12,15H2,1-2H3,(H,20,22)/t16-/m0/s1. The molecule has 0 saturated heterocycles. The van der Waals surface area contributed by atoms with Crippen molar-refractivity contribution < 1.29 is 13.2 Å². The highest BCUT2D eigenvalue weighted by atomic mass is 32.2. The normalized spacial score (nSPS) is 17.4. The van der Waals surface area contributed by atoms with E-state index >= 15 is 0 Å². The molecular weight excluding hydrogens is 336 g/mol. The van der Waals surface area contributed by atoms with Gasteiger partial charge in [-0.3, -0.25) is 4.79 Å². The molecule has 1 N–H and O–H groups in total. The molecule has 1 fully saturated rings. The first-order valence-electron chi connectivity index (χ1n) is 9.31. The van der Waals surface area contributed by atoms with Crippen LogP contribution in [0.5, 0.6) is 0 Å². The maximum atomic E-state index is 13.1. The zero-order valence-electron chi connectivity index (χ0n) is 15.3. The van der Waals surface area contributed by atoms with Crippen molar-refractivity contribution in [3.63, 3.8) is 0 Å². The second-order valence-electron chi connectivity index (χ2n) is 6.91. The largest absolute Gasteiger partial charge is 0.353 e. The van der Waals surface area contributed by atoms with Crippen LogP contribution in [0, 0.1) is 0 Å². The smallest absolute Gasteiger partial charge is 0.243 e. The summed E-state index contributed by atoms with van der Waals surface area (Å²) >= 11 is 0. The second kappa shape index (κ2) is 9.34. The van der Waals surface area contributed by atoms with Gasteiger partial charge in [0.15, 0.2) is 0 Å². The van der Waals surface area contributed by atoms with Gasteiger partial charge in [-0.05, 0) is 38.3 Å². The fourth-order valence-corrected chi connectivity index (χ4v) is 5.14. The number of nitrogens with one attached hydrogen (secondary N) is 1. The summed E-state index contributed by atoms with van der Waals surface area (Å²) in [5.41, 5.74) is 0. The quantitative estimate of drug-likeness (QED) is 0.767. The van der Waals surface area contributed by atoms with Crippen molar-refractivity contribution in [2.24, 2.45) is 0 Å². The first kappa shape index (κ1) is 19.9. The third kappa shape index (κ3) is 5.54. The zero-order chi connectivity index (χ0) is 18.3. The molecule has 1 atom stereocenters. The molecule has 5 nitrogen and oxygen atoms in total. The van der Waals surface area contributed by atoms with Crippen LogP contribution in [0.1, 0.15) is 58.8 Å². The maximum absolute atomic E-state index is 13.1. The summed E-state index contributed by atoms with van der Waals surface area (Å²) in [6.07, 6.45) is 6.68. The van der Waals surface area contributed by atoms with Crippen LogP contribution < -0.4 is 5.32 Å². The highest BCUT2D eigenvalue weighted by Crippen LogP contribution is 2.27. The molecule has 1 amide bonds. The molecule has 1 aliphatic rings.